The molecular formula is C12H7Cl2N3O3. The summed E-state index contributed by atoms with van der Waals surface area (Å²) in [7, 11) is 0. The maximum atomic E-state index is 12.0. The fourth-order valence-corrected chi connectivity index (χ4v) is 1.69. The summed E-state index contributed by atoms with van der Waals surface area (Å²) in [6, 6.07) is 2.62. The van der Waals surface area contributed by atoms with Crippen molar-refractivity contribution in [3.05, 3.63) is 52.0 Å². The molecule has 0 aliphatic rings. The number of halogens is 2. The number of anilines is 1. The van der Waals surface area contributed by atoms with Gasteiger partial charge in [0.1, 0.15) is 5.15 Å². The van der Waals surface area contributed by atoms with Crippen LogP contribution in [0.2, 0.25) is 10.2 Å². The fraction of sp³-hybridized carbons (Fsp3) is 0. The second-order valence-electron chi connectivity index (χ2n) is 3.68. The smallest absolute Gasteiger partial charge is 0.337 e. The lowest BCUT2D eigenvalue weighted by molar-refractivity contribution is 0.0698. The van der Waals surface area contributed by atoms with E-state index >= 15 is 0 Å². The van der Waals surface area contributed by atoms with Crippen LogP contribution in [0.4, 0.5) is 5.69 Å². The van der Waals surface area contributed by atoms with Crippen LogP contribution < -0.4 is 5.32 Å². The number of rotatable bonds is 3. The molecule has 8 heteroatoms. The maximum absolute atomic E-state index is 12.0. The Balaban J connectivity index is 2.28. The van der Waals surface area contributed by atoms with Crippen LogP contribution in [0.25, 0.3) is 0 Å². The van der Waals surface area contributed by atoms with E-state index in [0.29, 0.717) is 0 Å². The number of carbonyl (C=O) groups is 2. The van der Waals surface area contributed by atoms with Gasteiger partial charge in [0.15, 0.2) is 0 Å². The Morgan fingerprint density at radius 1 is 1.25 bits per heavy atom. The molecule has 0 radical (unpaired) electrons. The molecule has 0 saturated heterocycles. The molecule has 0 fully saturated rings. The molecule has 6 nitrogen and oxygen atoms in total. The monoisotopic (exact) mass is 311 g/mol. The van der Waals surface area contributed by atoms with E-state index in [0.717, 1.165) is 0 Å². The third-order valence-corrected chi connectivity index (χ3v) is 3.04. The van der Waals surface area contributed by atoms with Crippen LogP contribution in [-0.4, -0.2) is 27.0 Å². The number of nitrogens with zero attached hydrogens (tertiary/aromatic N) is 2. The first kappa shape index (κ1) is 14.2. The van der Waals surface area contributed by atoms with Gasteiger partial charge in [-0.05, 0) is 12.1 Å². The highest BCUT2D eigenvalue weighted by molar-refractivity contribution is 6.41. The SMILES string of the molecule is O=C(Nc1cnccc1C(=O)O)c1cnc(Cl)c(Cl)c1. The molecule has 2 rings (SSSR count). The van der Waals surface area contributed by atoms with E-state index in [2.05, 4.69) is 15.3 Å². The predicted octanol–water partition coefficient (Wildman–Crippen LogP) is 2.73. The minimum atomic E-state index is -1.17. The Labute approximate surface area is 123 Å². The Bertz CT molecular complexity index is 691. The van der Waals surface area contributed by atoms with E-state index in [1.165, 1.54) is 30.7 Å². The second-order valence-corrected chi connectivity index (χ2v) is 4.44. The molecule has 1 amide bonds. The number of amides is 1. The summed E-state index contributed by atoms with van der Waals surface area (Å²) in [6.45, 7) is 0. The molecule has 2 N–H and O–H groups in total. The van der Waals surface area contributed by atoms with Gasteiger partial charge in [-0.25, -0.2) is 9.78 Å². The van der Waals surface area contributed by atoms with Crippen molar-refractivity contribution in [1.29, 1.82) is 0 Å². The van der Waals surface area contributed by atoms with E-state index < -0.39 is 11.9 Å². The van der Waals surface area contributed by atoms with E-state index in [9.17, 15) is 9.59 Å². The zero-order valence-corrected chi connectivity index (χ0v) is 11.3. The van der Waals surface area contributed by atoms with Crippen LogP contribution in [0.3, 0.4) is 0 Å². The highest BCUT2D eigenvalue weighted by atomic mass is 35.5. The van der Waals surface area contributed by atoms with Crippen molar-refractivity contribution in [2.24, 2.45) is 0 Å². The van der Waals surface area contributed by atoms with Gasteiger partial charge in [-0.2, -0.15) is 0 Å². The topological polar surface area (TPSA) is 92.2 Å². The molecule has 0 aromatic carbocycles. The molecule has 0 unspecified atom stereocenters. The van der Waals surface area contributed by atoms with Crippen molar-refractivity contribution in [2.75, 3.05) is 5.32 Å². The first-order chi connectivity index (χ1) is 9.49. The van der Waals surface area contributed by atoms with Gasteiger partial charge in [0, 0.05) is 12.4 Å². The second kappa shape index (κ2) is 5.85. The number of aromatic carboxylic acids is 1. The van der Waals surface area contributed by atoms with Gasteiger partial charge in [0.25, 0.3) is 5.91 Å². The highest BCUT2D eigenvalue weighted by Crippen LogP contribution is 2.21. The van der Waals surface area contributed by atoms with Gasteiger partial charge >= 0.3 is 5.97 Å². The summed E-state index contributed by atoms with van der Waals surface area (Å²) >= 11 is 11.4. The Kier molecular flexibility index (Phi) is 4.16. The van der Waals surface area contributed by atoms with E-state index in [1.54, 1.807) is 0 Å². The van der Waals surface area contributed by atoms with Gasteiger partial charge in [-0.3, -0.25) is 9.78 Å². The van der Waals surface area contributed by atoms with Crippen LogP contribution in [-0.2, 0) is 0 Å². The zero-order chi connectivity index (χ0) is 14.7. The molecule has 2 aromatic heterocycles. The number of hydrogen-bond acceptors (Lipinski definition) is 4. The normalized spacial score (nSPS) is 10.1. The van der Waals surface area contributed by atoms with E-state index in [1.807, 2.05) is 0 Å². The lowest BCUT2D eigenvalue weighted by Gasteiger charge is -2.07. The number of hydrogen-bond donors (Lipinski definition) is 2. The van der Waals surface area contributed by atoms with Crippen molar-refractivity contribution in [3.8, 4) is 0 Å². The van der Waals surface area contributed by atoms with Crippen molar-refractivity contribution in [1.82, 2.24) is 9.97 Å². The standard InChI is InChI=1S/C12H7Cl2N3O3/c13-8-3-6(4-16-10(8)14)11(18)17-9-5-15-2-1-7(9)12(19)20/h1-5H,(H,17,18)(H,19,20). The maximum Gasteiger partial charge on any atom is 0.337 e. The first-order valence-corrected chi connectivity index (χ1v) is 6.04. The summed E-state index contributed by atoms with van der Waals surface area (Å²) in [5, 5.41) is 11.6. The van der Waals surface area contributed by atoms with Gasteiger partial charge in [0.2, 0.25) is 0 Å². The molecule has 2 heterocycles. The molecule has 0 saturated carbocycles. The average molecular weight is 312 g/mol. The number of carboxylic acids is 1. The van der Waals surface area contributed by atoms with Gasteiger partial charge < -0.3 is 10.4 Å². The van der Waals surface area contributed by atoms with Gasteiger partial charge in [-0.1, -0.05) is 23.2 Å². The molecule has 102 valence electrons. The summed E-state index contributed by atoms with van der Waals surface area (Å²) in [5.41, 5.74) is 0.164. The quantitative estimate of drug-likeness (QED) is 0.850. The molecule has 2 aromatic rings. The van der Waals surface area contributed by atoms with Crippen molar-refractivity contribution in [2.45, 2.75) is 0 Å². The summed E-state index contributed by atoms with van der Waals surface area (Å²) in [5.74, 6) is -1.73. The predicted molar refractivity (Wildman–Crippen MR) is 73.4 cm³/mol. The Hall–Kier alpha value is -2.18. The lowest BCUT2D eigenvalue weighted by atomic mass is 10.2. The van der Waals surface area contributed by atoms with Crippen molar-refractivity contribution >= 4 is 40.8 Å². The molecular weight excluding hydrogens is 305 g/mol. The fourth-order valence-electron chi connectivity index (χ4n) is 1.42. The Morgan fingerprint density at radius 2 is 2.00 bits per heavy atom. The van der Waals surface area contributed by atoms with E-state index in [-0.39, 0.29) is 27.0 Å². The number of nitrogens with one attached hydrogen (secondary N) is 1. The molecule has 0 aliphatic heterocycles. The van der Waals surface area contributed by atoms with Crippen LogP contribution in [0.1, 0.15) is 20.7 Å². The summed E-state index contributed by atoms with van der Waals surface area (Å²) < 4.78 is 0. The van der Waals surface area contributed by atoms with Gasteiger partial charge in [0.05, 0.1) is 28.0 Å². The third-order valence-electron chi connectivity index (χ3n) is 2.36. The van der Waals surface area contributed by atoms with Crippen LogP contribution in [0.5, 0.6) is 0 Å². The van der Waals surface area contributed by atoms with Crippen LogP contribution >= 0.6 is 23.2 Å². The Morgan fingerprint density at radius 3 is 2.65 bits per heavy atom. The molecule has 0 atom stereocenters. The summed E-state index contributed by atoms with van der Waals surface area (Å²) in [4.78, 5) is 30.5. The first-order valence-electron chi connectivity index (χ1n) is 5.28. The van der Waals surface area contributed by atoms with Crippen LogP contribution in [0, 0.1) is 0 Å². The number of aromatic nitrogens is 2. The van der Waals surface area contributed by atoms with Crippen molar-refractivity contribution in [3.63, 3.8) is 0 Å². The van der Waals surface area contributed by atoms with Crippen molar-refractivity contribution < 1.29 is 14.7 Å². The molecule has 0 spiro atoms. The number of carbonyl (C=O) groups excluding carboxylic acids is 1. The van der Waals surface area contributed by atoms with Gasteiger partial charge in [-0.15, -0.1) is 0 Å². The largest absolute Gasteiger partial charge is 0.478 e. The minimum Gasteiger partial charge on any atom is -0.478 e. The van der Waals surface area contributed by atoms with E-state index in [4.69, 9.17) is 28.3 Å². The molecule has 20 heavy (non-hydrogen) atoms. The minimum absolute atomic E-state index is 0.0682. The lowest BCUT2D eigenvalue weighted by Crippen LogP contribution is -2.15. The zero-order valence-electron chi connectivity index (χ0n) is 9.80. The average Bonchev–Trinajstić information content (AvgIpc) is 2.42. The molecule has 0 bridgehead atoms. The highest BCUT2D eigenvalue weighted by Gasteiger charge is 2.14. The van der Waals surface area contributed by atoms with Crippen LogP contribution in [0.15, 0.2) is 30.7 Å². The summed E-state index contributed by atoms with van der Waals surface area (Å²) in [6.07, 6.45) is 3.80. The molecule has 0 aliphatic carbocycles. The third kappa shape index (κ3) is 3.04. The number of pyridine rings is 2. The number of carboxylic acid groups (broad SMARTS) is 1.